The van der Waals surface area contributed by atoms with Crippen molar-refractivity contribution in [3.8, 4) is 0 Å². The van der Waals surface area contributed by atoms with Gasteiger partial charge >= 0.3 is 11.9 Å². The van der Waals surface area contributed by atoms with E-state index in [0.29, 0.717) is 17.4 Å². The first-order valence-electron chi connectivity index (χ1n) is 42.6. The zero-order valence-electron chi connectivity index (χ0n) is 65.7. The van der Waals surface area contributed by atoms with Crippen molar-refractivity contribution in [2.24, 2.45) is 0 Å². The van der Waals surface area contributed by atoms with Crippen LogP contribution >= 0.6 is 7.82 Å². The van der Waals surface area contributed by atoms with E-state index in [-0.39, 0.29) is 32.0 Å². The van der Waals surface area contributed by atoms with E-state index < -0.39 is 26.5 Å². The predicted molar refractivity (Wildman–Crippen MR) is 425 cm³/mol. The van der Waals surface area contributed by atoms with Crippen LogP contribution in [0, 0.1) is 0 Å². The molecule has 9 nitrogen and oxygen atoms in total. The van der Waals surface area contributed by atoms with E-state index in [1.165, 1.54) is 334 Å². The maximum Gasteiger partial charge on any atom is 0.306 e. The van der Waals surface area contributed by atoms with Crippen LogP contribution in [0.4, 0.5) is 0 Å². The van der Waals surface area contributed by atoms with E-state index in [0.717, 1.165) is 57.8 Å². The minimum Gasteiger partial charge on any atom is -0.756 e. The maximum absolute atomic E-state index is 12.9. The number of phosphoric acid groups is 1. The first-order chi connectivity index (χ1) is 48.0. The fourth-order valence-electron chi connectivity index (χ4n) is 12.7. The number of allylic oxidation sites excluding steroid dienone is 12. The van der Waals surface area contributed by atoms with E-state index >= 15 is 0 Å². The van der Waals surface area contributed by atoms with E-state index in [9.17, 15) is 19.0 Å². The van der Waals surface area contributed by atoms with Crippen LogP contribution in [0.25, 0.3) is 0 Å². The molecule has 98 heavy (non-hydrogen) atoms. The van der Waals surface area contributed by atoms with E-state index in [1.807, 2.05) is 21.1 Å². The molecule has 0 fully saturated rings. The van der Waals surface area contributed by atoms with E-state index in [2.05, 4.69) is 86.8 Å². The van der Waals surface area contributed by atoms with Crippen LogP contribution in [0.1, 0.15) is 425 Å². The van der Waals surface area contributed by atoms with Gasteiger partial charge in [-0.3, -0.25) is 14.2 Å². The molecule has 0 saturated carbocycles. The Bertz CT molecular complexity index is 1890. The number of ether oxygens (including phenoxy) is 2. The standard InChI is InChI=1S/C88H164NO8P/c1-6-8-10-12-14-16-18-20-22-24-26-28-30-32-34-36-38-40-41-42-43-44-45-46-47-49-51-53-55-57-59-61-63-65-67-69-71-73-75-77-79-81-88(91)97-86(85-96-98(92,93)95-83-82-89(3,4)5)84-94-87(90)80-78-76-74-72-70-68-66-64-62-60-58-56-54-52-50-48-39-37-35-33-31-29-27-25-23-21-19-17-15-13-11-9-7-2/h18-21,24-27,30-33,86H,6-17,22-23,28-29,34-85H2,1-5H3/b20-18-,21-19-,26-24-,27-25-,32-30-,33-31-. The van der Waals surface area contributed by atoms with Crippen LogP contribution in [0.15, 0.2) is 72.9 Å². The van der Waals surface area contributed by atoms with Crippen LogP contribution < -0.4 is 4.89 Å². The van der Waals surface area contributed by atoms with Crippen molar-refractivity contribution in [1.29, 1.82) is 0 Å². The minimum atomic E-state index is -4.65. The molecule has 0 N–H and O–H groups in total. The Balaban J connectivity index is 3.88. The van der Waals surface area contributed by atoms with Gasteiger partial charge in [0.25, 0.3) is 7.82 Å². The highest BCUT2D eigenvalue weighted by atomic mass is 31.2. The van der Waals surface area contributed by atoms with Gasteiger partial charge in [-0.1, -0.05) is 395 Å². The Kier molecular flexibility index (Phi) is 76.5. The monoisotopic (exact) mass is 1390 g/mol. The molecular formula is C88H164NO8P. The summed E-state index contributed by atoms with van der Waals surface area (Å²) in [5, 5.41) is 0. The lowest BCUT2D eigenvalue weighted by Crippen LogP contribution is -2.37. The summed E-state index contributed by atoms with van der Waals surface area (Å²) in [7, 11) is 1.19. The molecule has 10 heteroatoms. The van der Waals surface area contributed by atoms with Gasteiger partial charge in [0.2, 0.25) is 0 Å². The molecule has 574 valence electrons. The lowest BCUT2D eigenvalue weighted by molar-refractivity contribution is -0.870. The third kappa shape index (κ3) is 82.4. The second-order valence-electron chi connectivity index (χ2n) is 30.2. The fourth-order valence-corrected chi connectivity index (χ4v) is 13.4. The summed E-state index contributed by atoms with van der Waals surface area (Å²) in [4.78, 5) is 38.2. The topological polar surface area (TPSA) is 111 Å². The smallest absolute Gasteiger partial charge is 0.306 e. The summed E-state index contributed by atoms with van der Waals surface area (Å²) in [6, 6.07) is 0. The number of hydrogen-bond acceptors (Lipinski definition) is 8. The largest absolute Gasteiger partial charge is 0.756 e. The zero-order valence-corrected chi connectivity index (χ0v) is 66.6. The van der Waals surface area contributed by atoms with Gasteiger partial charge in [0.1, 0.15) is 19.8 Å². The summed E-state index contributed by atoms with van der Waals surface area (Å²) in [6.45, 7) is 4.28. The second kappa shape index (κ2) is 78.6. The molecule has 0 bridgehead atoms. The minimum absolute atomic E-state index is 0.0291. The van der Waals surface area contributed by atoms with Crippen LogP contribution in [0.5, 0.6) is 0 Å². The highest BCUT2D eigenvalue weighted by Crippen LogP contribution is 2.38. The predicted octanol–water partition coefficient (Wildman–Crippen LogP) is 28.0. The number of unbranched alkanes of at least 4 members (excludes halogenated alkanes) is 54. The molecule has 0 aromatic carbocycles. The summed E-state index contributed by atoms with van der Waals surface area (Å²) in [6.07, 6.45) is 108. The first kappa shape index (κ1) is 95.5. The number of esters is 2. The van der Waals surface area contributed by atoms with Crippen LogP contribution in [0.2, 0.25) is 0 Å². The molecule has 0 aromatic rings. The number of phosphoric ester groups is 1. The van der Waals surface area contributed by atoms with Gasteiger partial charge in [-0.25, -0.2) is 0 Å². The van der Waals surface area contributed by atoms with E-state index in [1.54, 1.807) is 0 Å². The summed E-state index contributed by atoms with van der Waals surface area (Å²) >= 11 is 0. The second-order valence-corrected chi connectivity index (χ2v) is 31.6. The van der Waals surface area contributed by atoms with Gasteiger partial charge in [-0.2, -0.15) is 0 Å². The van der Waals surface area contributed by atoms with Crippen LogP contribution in [-0.2, 0) is 32.7 Å². The third-order valence-electron chi connectivity index (χ3n) is 19.2. The molecule has 0 saturated heterocycles. The van der Waals surface area contributed by atoms with Crippen molar-refractivity contribution in [3.63, 3.8) is 0 Å². The van der Waals surface area contributed by atoms with E-state index in [4.69, 9.17) is 18.5 Å². The number of nitrogens with zero attached hydrogens (tertiary/aromatic N) is 1. The summed E-state index contributed by atoms with van der Waals surface area (Å²) in [5.41, 5.74) is 0. The molecule has 0 radical (unpaired) electrons. The van der Waals surface area contributed by atoms with Crippen molar-refractivity contribution in [3.05, 3.63) is 72.9 Å². The number of carbonyl (C=O) groups excluding carboxylic acids is 2. The van der Waals surface area contributed by atoms with Gasteiger partial charge in [0.05, 0.1) is 27.7 Å². The van der Waals surface area contributed by atoms with Gasteiger partial charge in [-0.15, -0.1) is 0 Å². The normalized spacial score (nSPS) is 13.3. The van der Waals surface area contributed by atoms with Gasteiger partial charge in [0, 0.05) is 12.8 Å². The summed E-state index contributed by atoms with van der Waals surface area (Å²) in [5.74, 6) is -0.811. The third-order valence-corrected chi connectivity index (χ3v) is 20.2. The molecule has 2 atom stereocenters. The number of carbonyl (C=O) groups is 2. The Morgan fingerprint density at radius 3 is 0.816 bits per heavy atom. The molecule has 0 amide bonds. The SMILES string of the molecule is CCCCCCC/C=C\C/C=C\C/C=C\CCCCCCCCCCCCCCCCCCCCCCCCCCCCC(=O)OC(COC(=O)CCCCCCCCCCCCCCCCCCCC/C=C\C/C=C\C/C=C\CCCCCCC)COP(=O)([O-])OCC[N+](C)(C)C. The van der Waals surface area contributed by atoms with Gasteiger partial charge < -0.3 is 27.9 Å². The molecule has 0 aromatic heterocycles. The lowest BCUT2D eigenvalue weighted by atomic mass is 10.0. The Hall–Kier alpha value is -2.55. The molecule has 0 aliphatic heterocycles. The average Bonchev–Trinajstić information content (AvgIpc) is 1.08. The Labute approximate surface area is 609 Å². The number of rotatable bonds is 80. The molecule has 0 aliphatic rings. The molecule has 0 rings (SSSR count). The Morgan fingerprint density at radius 2 is 0.551 bits per heavy atom. The Morgan fingerprint density at radius 1 is 0.316 bits per heavy atom. The first-order valence-corrected chi connectivity index (χ1v) is 44.1. The molecule has 0 spiro atoms. The quantitative estimate of drug-likeness (QED) is 0.0195. The molecule has 0 heterocycles. The van der Waals surface area contributed by atoms with Gasteiger partial charge in [0.15, 0.2) is 6.10 Å². The van der Waals surface area contributed by atoms with Crippen molar-refractivity contribution in [2.75, 3.05) is 47.5 Å². The van der Waals surface area contributed by atoms with Crippen LogP contribution in [0.3, 0.4) is 0 Å². The highest BCUT2D eigenvalue weighted by Gasteiger charge is 2.22. The van der Waals surface area contributed by atoms with Gasteiger partial charge in [-0.05, 0) is 89.9 Å². The van der Waals surface area contributed by atoms with Crippen molar-refractivity contribution < 1.29 is 42.1 Å². The number of quaternary nitrogens is 1. The number of likely N-dealkylation sites (N-methyl/N-ethyl adjacent to an activating group) is 1. The molecule has 0 aliphatic carbocycles. The van der Waals surface area contributed by atoms with Crippen molar-refractivity contribution in [1.82, 2.24) is 0 Å². The fraction of sp³-hybridized carbons (Fsp3) is 0.841. The maximum atomic E-state index is 12.9. The lowest BCUT2D eigenvalue weighted by Gasteiger charge is -2.28. The van der Waals surface area contributed by atoms with Crippen molar-refractivity contribution >= 4 is 19.8 Å². The average molecular weight is 1400 g/mol. The molecule has 2 unspecified atom stereocenters. The zero-order chi connectivity index (χ0) is 71.1. The highest BCUT2D eigenvalue weighted by molar-refractivity contribution is 7.45. The van der Waals surface area contributed by atoms with Crippen molar-refractivity contribution in [2.45, 2.75) is 431 Å². The molecular weight excluding hydrogens is 1230 g/mol. The van der Waals surface area contributed by atoms with Crippen LogP contribution in [-0.4, -0.2) is 70.0 Å². The number of hydrogen-bond donors (Lipinski definition) is 0. The summed E-state index contributed by atoms with van der Waals surface area (Å²) < 4.78 is 34.5.